The van der Waals surface area contributed by atoms with Gasteiger partial charge in [0.1, 0.15) is 0 Å². The second kappa shape index (κ2) is 4.32. The fourth-order valence-corrected chi connectivity index (χ4v) is 3.81. The Kier molecular flexibility index (Phi) is 2.78. The zero-order valence-corrected chi connectivity index (χ0v) is 10.7. The summed E-state index contributed by atoms with van der Waals surface area (Å²) in [5, 5.41) is 6.05. The molecule has 2 aromatic heterocycles. The van der Waals surface area contributed by atoms with Crippen molar-refractivity contribution in [2.24, 2.45) is 0 Å². The number of ether oxygens (including phenoxy) is 1. The molecule has 1 fully saturated rings. The Bertz CT molecular complexity index is 631. The molecule has 3 rings (SSSR count). The number of furan rings is 1. The molecule has 96 valence electrons. The van der Waals surface area contributed by atoms with E-state index >= 15 is 0 Å². The SMILES string of the molecule is O=S(=O)(CC1CS1)c1nc(Oc2ccco2)n[nH]1. The lowest BCUT2D eigenvalue weighted by Crippen LogP contribution is -2.12. The molecule has 1 aliphatic rings. The van der Waals surface area contributed by atoms with Crippen LogP contribution < -0.4 is 4.74 Å². The molecule has 0 amide bonds. The maximum Gasteiger partial charge on any atom is 0.344 e. The first kappa shape index (κ1) is 11.6. The van der Waals surface area contributed by atoms with Crippen molar-refractivity contribution >= 4 is 21.6 Å². The topological polar surface area (TPSA) is 98.1 Å². The van der Waals surface area contributed by atoms with E-state index in [0.29, 0.717) is 0 Å². The van der Waals surface area contributed by atoms with Crippen molar-refractivity contribution in [3.8, 4) is 12.0 Å². The Morgan fingerprint density at radius 2 is 2.44 bits per heavy atom. The lowest BCUT2D eigenvalue weighted by atomic mass is 10.6. The molecular weight excluding hydrogens is 278 g/mol. The van der Waals surface area contributed by atoms with Gasteiger partial charge in [-0.2, -0.15) is 16.7 Å². The van der Waals surface area contributed by atoms with Crippen molar-refractivity contribution in [2.75, 3.05) is 11.5 Å². The molecule has 2 aromatic rings. The quantitative estimate of drug-likeness (QED) is 0.821. The summed E-state index contributed by atoms with van der Waals surface area (Å²) in [6.45, 7) is 0. The highest BCUT2D eigenvalue weighted by molar-refractivity contribution is 8.08. The summed E-state index contributed by atoms with van der Waals surface area (Å²) in [4.78, 5) is 3.79. The van der Waals surface area contributed by atoms with Gasteiger partial charge in [-0.25, -0.2) is 13.5 Å². The van der Waals surface area contributed by atoms with Crippen LogP contribution in [0.5, 0.6) is 12.0 Å². The van der Waals surface area contributed by atoms with Crippen molar-refractivity contribution in [2.45, 2.75) is 10.4 Å². The van der Waals surface area contributed by atoms with Gasteiger partial charge in [0.15, 0.2) is 0 Å². The first-order chi connectivity index (χ1) is 8.63. The van der Waals surface area contributed by atoms with Crippen LogP contribution in [0.4, 0.5) is 0 Å². The number of aromatic nitrogens is 3. The summed E-state index contributed by atoms with van der Waals surface area (Å²) in [6, 6.07) is 3.14. The van der Waals surface area contributed by atoms with Gasteiger partial charge in [0.05, 0.1) is 12.0 Å². The average Bonchev–Trinajstić information content (AvgIpc) is 2.84. The largest absolute Gasteiger partial charge is 0.434 e. The number of H-pyrrole nitrogens is 1. The van der Waals surface area contributed by atoms with Crippen molar-refractivity contribution in [3.05, 3.63) is 18.4 Å². The van der Waals surface area contributed by atoms with Crippen molar-refractivity contribution in [1.29, 1.82) is 0 Å². The summed E-state index contributed by atoms with van der Waals surface area (Å²) in [5.74, 6) is 1.16. The molecule has 0 spiro atoms. The number of hydrogen-bond donors (Lipinski definition) is 1. The minimum Gasteiger partial charge on any atom is -0.434 e. The van der Waals surface area contributed by atoms with Crippen LogP contribution in [0.3, 0.4) is 0 Å². The van der Waals surface area contributed by atoms with E-state index in [-0.39, 0.29) is 28.1 Å². The second-order valence-electron chi connectivity index (χ2n) is 3.69. The monoisotopic (exact) mass is 287 g/mol. The molecule has 9 heteroatoms. The summed E-state index contributed by atoms with van der Waals surface area (Å²) in [7, 11) is -3.42. The van der Waals surface area contributed by atoms with Gasteiger partial charge in [-0.3, -0.25) is 0 Å². The molecule has 0 aromatic carbocycles. The van der Waals surface area contributed by atoms with E-state index in [1.807, 2.05) is 0 Å². The van der Waals surface area contributed by atoms with Gasteiger partial charge >= 0.3 is 6.01 Å². The molecule has 18 heavy (non-hydrogen) atoms. The molecule has 1 N–H and O–H groups in total. The maximum absolute atomic E-state index is 11.9. The zero-order valence-electron chi connectivity index (χ0n) is 9.07. The zero-order chi connectivity index (χ0) is 12.6. The minimum absolute atomic E-state index is 0.0764. The number of nitrogens with zero attached hydrogens (tertiary/aromatic N) is 2. The Balaban J connectivity index is 1.76. The van der Waals surface area contributed by atoms with Crippen LogP contribution in [0.15, 0.2) is 28.0 Å². The number of thioether (sulfide) groups is 1. The van der Waals surface area contributed by atoms with E-state index in [1.54, 1.807) is 23.9 Å². The Morgan fingerprint density at radius 1 is 1.61 bits per heavy atom. The van der Waals surface area contributed by atoms with Crippen LogP contribution in [0.25, 0.3) is 0 Å². The van der Waals surface area contributed by atoms with Gasteiger partial charge in [0.2, 0.25) is 15.0 Å². The lowest BCUT2D eigenvalue weighted by Gasteiger charge is -1.96. The molecule has 0 saturated carbocycles. The standard InChI is InChI=1S/C9H9N3O4S2/c13-18(14,5-6-4-17-6)9-10-8(11-12-9)16-7-2-1-3-15-7/h1-3,6H,4-5H2,(H,10,11,12). The molecule has 3 heterocycles. The van der Waals surface area contributed by atoms with E-state index < -0.39 is 9.84 Å². The van der Waals surface area contributed by atoms with E-state index in [9.17, 15) is 8.42 Å². The molecule has 0 radical (unpaired) electrons. The Hall–Kier alpha value is -1.48. The molecule has 0 bridgehead atoms. The van der Waals surface area contributed by atoms with Crippen molar-refractivity contribution in [1.82, 2.24) is 15.2 Å². The summed E-state index contributed by atoms with van der Waals surface area (Å²) < 4.78 is 33.8. The van der Waals surface area contributed by atoms with Gasteiger partial charge in [-0.15, -0.1) is 5.10 Å². The predicted octanol–water partition coefficient (Wildman–Crippen LogP) is 1.08. The molecule has 1 aliphatic heterocycles. The van der Waals surface area contributed by atoms with Gasteiger partial charge in [-0.1, -0.05) is 0 Å². The predicted molar refractivity (Wildman–Crippen MR) is 63.5 cm³/mol. The second-order valence-corrected chi connectivity index (χ2v) is 6.98. The van der Waals surface area contributed by atoms with Crippen LogP contribution in [-0.2, 0) is 9.84 Å². The fourth-order valence-electron chi connectivity index (χ4n) is 1.32. The molecule has 1 unspecified atom stereocenters. The van der Waals surface area contributed by atoms with Gasteiger partial charge in [-0.05, 0) is 6.07 Å². The third-order valence-electron chi connectivity index (χ3n) is 2.23. The normalized spacial score (nSPS) is 18.8. The third kappa shape index (κ3) is 2.51. The van der Waals surface area contributed by atoms with Crippen LogP contribution in [0.2, 0.25) is 0 Å². The summed E-state index contributed by atoms with van der Waals surface area (Å²) in [6.07, 6.45) is 1.43. The fraction of sp³-hybridized carbons (Fsp3) is 0.333. The Morgan fingerprint density at radius 3 is 3.11 bits per heavy atom. The maximum atomic E-state index is 11.9. The van der Waals surface area contributed by atoms with Crippen molar-refractivity contribution < 1.29 is 17.6 Å². The lowest BCUT2D eigenvalue weighted by molar-refractivity contribution is 0.327. The molecule has 7 nitrogen and oxygen atoms in total. The van der Waals surface area contributed by atoms with E-state index in [1.165, 1.54) is 6.26 Å². The number of rotatable bonds is 5. The number of nitrogens with one attached hydrogen (secondary N) is 1. The number of sulfone groups is 1. The summed E-state index contributed by atoms with van der Waals surface area (Å²) >= 11 is 1.61. The average molecular weight is 287 g/mol. The minimum atomic E-state index is -3.42. The van der Waals surface area contributed by atoms with E-state index in [2.05, 4.69) is 15.2 Å². The number of hydrogen-bond acceptors (Lipinski definition) is 7. The number of aromatic amines is 1. The van der Waals surface area contributed by atoms with E-state index in [4.69, 9.17) is 9.15 Å². The van der Waals surface area contributed by atoms with Crippen LogP contribution in [0.1, 0.15) is 0 Å². The third-order valence-corrected chi connectivity index (χ3v) is 5.03. The van der Waals surface area contributed by atoms with Gasteiger partial charge in [0.25, 0.3) is 5.95 Å². The van der Waals surface area contributed by atoms with Crippen molar-refractivity contribution in [3.63, 3.8) is 0 Å². The highest BCUT2D eigenvalue weighted by atomic mass is 32.2. The summed E-state index contributed by atoms with van der Waals surface area (Å²) in [5.41, 5.74) is 0. The van der Waals surface area contributed by atoms with Crippen LogP contribution in [0, 0.1) is 0 Å². The first-order valence-corrected chi connectivity index (χ1v) is 7.82. The highest BCUT2D eigenvalue weighted by Gasteiger charge is 2.32. The molecule has 1 saturated heterocycles. The van der Waals surface area contributed by atoms with Crippen LogP contribution in [-0.4, -0.2) is 40.4 Å². The molecular formula is C9H9N3O4S2. The first-order valence-electron chi connectivity index (χ1n) is 5.11. The smallest absolute Gasteiger partial charge is 0.344 e. The Labute approximate surface area is 107 Å². The van der Waals surface area contributed by atoms with Gasteiger partial charge in [0, 0.05) is 17.1 Å². The van der Waals surface area contributed by atoms with Gasteiger partial charge < -0.3 is 9.15 Å². The molecule has 1 atom stereocenters. The van der Waals surface area contributed by atoms with E-state index in [0.717, 1.165) is 5.75 Å². The molecule has 0 aliphatic carbocycles. The van der Waals surface area contributed by atoms with Crippen LogP contribution >= 0.6 is 11.8 Å². The highest BCUT2D eigenvalue weighted by Crippen LogP contribution is 2.32.